The van der Waals surface area contributed by atoms with E-state index in [1.807, 2.05) is 13.0 Å². The lowest BCUT2D eigenvalue weighted by molar-refractivity contribution is -0.124. The standard InChI is InChI=1S/C14H21N3O3S/c1-10-4-5-11(2)13(8-10)21(19,20)17-7-6-16-9-12(17)14(18)15-3/h4-5,8,12,16H,6-7,9H2,1-3H3,(H,15,18). The molecule has 1 aliphatic heterocycles. The monoisotopic (exact) mass is 311 g/mol. The normalized spacial score (nSPS) is 20.2. The van der Waals surface area contributed by atoms with E-state index in [0.717, 1.165) is 5.56 Å². The number of sulfonamides is 1. The van der Waals surface area contributed by atoms with Crippen molar-refractivity contribution in [1.29, 1.82) is 0 Å². The van der Waals surface area contributed by atoms with E-state index in [1.54, 1.807) is 19.1 Å². The highest BCUT2D eigenvalue weighted by Gasteiger charge is 2.37. The number of amides is 1. The van der Waals surface area contributed by atoms with E-state index in [9.17, 15) is 13.2 Å². The third kappa shape index (κ3) is 3.09. The van der Waals surface area contributed by atoms with Gasteiger partial charge in [-0.15, -0.1) is 0 Å². The molecule has 21 heavy (non-hydrogen) atoms. The second-order valence-corrected chi connectivity index (χ2v) is 7.08. The zero-order valence-electron chi connectivity index (χ0n) is 12.5. The van der Waals surface area contributed by atoms with Gasteiger partial charge in [-0.2, -0.15) is 4.31 Å². The number of carbonyl (C=O) groups is 1. The van der Waals surface area contributed by atoms with E-state index in [2.05, 4.69) is 10.6 Å². The van der Waals surface area contributed by atoms with Crippen LogP contribution in [0.2, 0.25) is 0 Å². The minimum absolute atomic E-state index is 0.276. The highest BCUT2D eigenvalue weighted by Crippen LogP contribution is 2.23. The Bertz CT molecular complexity index is 643. The largest absolute Gasteiger partial charge is 0.358 e. The van der Waals surface area contributed by atoms with Gasteiger partial charge in [-0.3, -0.25) is 4.79 Å². The molecule has 1 unspecified atom stereocenters. The number of nitrogens with one attached hydrogen (secondary N) is 2. The van der Waals surface area contributed by atoms with Crippen LogP contribution in [0.3, 0.4) is 0 Å². The predicted octanol–water partition coefficient (Wildman–Crippen LogP) is 0.0119. The molecule has 2 N–H and O–H groups in total. The smallest absolute Gasteiger partial charge is 0.244 e. The number of likely N-dealkylation sites (N-methyl/N-ethyl adjacent to an activating group) is 1. The molecule has 6 nitrogen and oxygen atoms in total. The van der Waals surface area contributed by atoms with Gasteiger partial charge >= 0.3 is 0 Å². The number of nitrogens with zero attached hydrogens (tertiary/aromatic N) is 1. The molecule has 0 radical (unpaired) electrons. The second kappa shape index (κ2) is 6.13. The van der Waals surface area contributed by atoms with Gasteiger partial charge in [-0.1, -0.05) is 12.1 Å². The summed E-state index contributed by atoms with van der Waals surface area (Å²) in [6, 6.07) is 4.61. The number of carbonyl (C=O) groups excluding carboxylic acids is 1. The maximum atomic E-state index is 12.9. The van der Waals surface area contributed by atoms with Gasteiger partial charge in [-0.25, -0.2) is 8.42 Å². The molecule has 2 rings (SSSR count). The first-order valence-corrected chi connectivity index (χ1v) is 8.33. The van der Waals surface area contributed by atoms with E-state index in [4.69, 9.17) is 0 Å². The summed E-state index contributed by atoms with van der Waals surface area (Å²) in [5, 5.41) is 5.59. The topological polar surface area (TPSA) is 78.5 Å². The molecule has 1 atom stereocenters. The average molecular weight is 311 g/mol. The number of aryl methyl sites for hydroxylation is 2. The molecular weight excluding hydrogens is 290 g/mol. The quantitative estimate of drug-likeness (QED) is 0.824. The van der Waals surface area contributed by atoms with Crippen LogP contribution in [0.25, 0.3) is 0 Å². The molecule has 1 heterocycles. The van der Waals surface area contributed by atoms with E-state index in [-0.39, 0.29) is 17.3 Å². The molecule has 0 bridgehead atoms. The number of hydrogen-bond donors (Lipinski definition) is 2. The Balaban J connectivity index is 2.45. The Morgan fingerprint density at radius 2 is 2.10 bits per heavy atom. The summed E-state index contributed by atoms with van der Waals surface area (Å²) in [4.78, 5) is 12.2. The minimum Gasteiger partial charge on any atom is -0.358 e. The molecule has 0 saturated carbocycles. The van der Waals surface area contributed by atoms with Gasteiger partial charge in [0.1, 0.15) is 6.04 Å². The van der Waals surface area contributed by atoms with Crippen molar-refractivity contribution in [3.63, 3.8) is 0 Å². The van der Waals surface area contributed by atoms with Gasteiger partial charge in [0, 0.05) is 26.7 Å². The van der Waals surface area contributed by atoms with Crippen LogP contribution in [0.15, 0.2) is 23.1 Å². The van der Waals surface area contributed by atoms with Gasteiger partial charge in [0.25, 0.3) is 0 Å². The zero-order valence-corrected chi connectivity index (χ0v) is 13.3. The lowest BCUT2D eigenvalue weighted by Gasteiger charge is -2.34. The van der Waals surface area contributed by atoms with E-state index in [0.29, 0.717) is 18.7 Å². The Hall–Kier alpha value is -1.44. The van der Waals surface area contributed by atoms with Crippen molar-refractivity contribution in [2.45, 2.75) is 24.8 Å². The van der Waals surface area contributed by atoms with Gasteiger partial charge in [-0.05, 0) is 31.0 Å². The minimum atomic E-state index is -3.69. The first-order valence-electron chi connectivity index (χ1n) is 6.89. The van der Waals surface area contributed by atoms with Crippen molar-refractivity contribution < 1.29 is 13.2 Å². The van der Waals surface area contributed by atoms with Crippen molar-refractivity contribution in [3.8, 4) is 0 Å². The Kier molecular flexibility index (Phi) is 4.65. The van der Waals surface area contributed by atoms with Crippen LogP contribution in [0.4, 0.5) is 0 Å². The van der Waals surface area contributed by atoms with Gasteiger partial charge in [0.05, 0.1) is 4.90 Å². The molecule has 116 valence electrons. The van der Waals surface area contributed by atoms with Crippen LogP contribution in [0, 0.1) is 13.8 Å². The van der Waals surface area contributed by atoms with Crippen molar-refractivity contribution >= 4 is 15.9 Å². The third-order valence-electron chi connectivity index (χ3n) is 3.67. The molecule has 1 fully saturated rings. The van der Waals surface area contributed by atoms with Crippen molar-refractivity contribution in [2.24, 2.45) is 0 Å². The maximum absolute atomic E-state index is 12.9. The summed E-state index contributed by atoms with van der Waals surface area (Å²) in [6.45, 7) is 4.77. The molecule has 0 aliphatic carbocycles. The Labute approximate surface area is 125 Å². The third-order valence-corrected chi connectivity index (χ3v) is 5.72. The number of piperazine rings is 1. The molecule has 7 heteroatoms. The van der Waals surface area contributed by atoms with E-state index in [1.165, 1.54) is 11.4 Å². The second-order valence-electron chi connectivity index (χ2n) is 5.22. The van der Waals surface area contributed by atoms with Gasteiger partial charge in [0.2, 0.25) is 15.9 Å². The molecule has 1 aliphatic rings. The first kappa shape index (κ1) is 15.9. The lowest BCUT2D eigenvalue weighted by atomic mass is 10.2. The van der Waals surface area contributed by atoms with Crippen LogP contribution < -0.4 is 10.6 Å². The van der Waals surface area contributed by atoms with Gasteiger partial charge in [0.15, 0.2) is 0 Å². The summed E-state index contributed by atoms with van der Waals surface area (Å²) in [7, 11) is -2.17. The van der Waals surface area contributed by atoms with Gasteiger partial charge < -0.3 is 10.6 Å². The molecule has 1 aromatic carbocycles. The van der Waals surface area contributed by atoms with Crippen molar-refractivity contribution in [3.05, 3.63) is 29.3 Å². The van der Waals surface area contributed by atoms with E-state index >= 15 is 0 Å². The SMILES string of the molecule is CNC(=O)C1CNCCN1S(=O)(=O)c1cc(C)ccc1C. The molecule has 1 aromatic rings. The molecule has 1 amide bonds. The highest BCUT2D eigenvalue weighted by atomic mass is 32.2. The van der Waals surface area contributed by atoms with Crippen LogP contribution in [-0.2, 0) is 14.8 Å². The average Bonchev–Trinajstić information content (AvgIpc) is 2.48. The summed E-state index contributed by atoms with van der Waals surface area (Å²) < 4.78 is 27.1. The summed E-state index contributed by atoms with van der Waals surface area (Å²) in [5.74, 6) is -0.295. The fraction of sp³-hybridized carbons (Fsp3) is 0.500. The Morgan fingerprint density at radius 3 is 2.76 bits per heavy atom. The van der Waals surface area contributed by atoms with Crippen LogP contribution >= 0.6 is 0 Å². The summed E-state index contributed by atoms with van der Waals surface area (Å²) in [5.41, 5.74) is 1.57. The summed E-state index contributed by atoms with van der Waals surface area (Å²) >= 11 is 0. The molecule has 1 saturated heterocycles. The Morgan fingerprint density at radius 1 is 1.38 bits per heavy atom. The number of hydrogen-bond acceptors (Lipinski definition) is 4. The number of rotatable bonds is 3. The molecular formula is C14H21N3O3S. The number of benzene rings is 1. The zero-order chi connectivity index (χ0) is 15.6. The maximum Gasteiger partial charge on any atom is 0.244 e. The molecule has 0 aromatic heterocycles. The lowest BCUT2D eigenvalue weighted by Crippen LogP contribution is -2.59. The van der Waals surface area contributed by atoms with Crippen molar-refractivity contribution in [2.75, 3.05) is 26.7 Å². The fourth-order valence-electron chi connectivity index (χ4n) is 2.48. The fourth-order valence-corrected chi connectivity index (χ4v) is 4.37. The van der Waals surface area contributed by atoms with Crippen LogP contribution in [0.5, 0.6) is 0 Å². The highest BCUT2D eigenvalue weighted by molar-refractivity contribution is 7.89. The van der Waals surface area contributed by atoms with Crippen LogP contribution in [-0.4, -0.2) is 51.4 Å². The summed E-state index contributed by atoms with van der Waals surface area (Å²) in [6.07, 6.45) is 0. The predicted molar refractivity (Wildman–Crippen MR) is 80.5 cm³/mol. The van der Waals surface area contributed by atoms with Crippen molar-refractivity contribution in [1.82, 2.24) is 14.9 Å². The van der Waals surface area contributed by atoms with Crippen LogP contribution in [0.1, 0.15) is 11.1 Å². The van der Waals surface area contributed by atoms with E-state index < -0.39 is 16.1 Å². The first-order chi connectivity index (χ1) is 9.87. The molecule has 0 spiro atoms.